The Morgan fingerprint density at radius 1 is 0.969 bits per heavy atom. The number of carbonyl (C=O) groups is 2. The number of amides is 2. The molecule has 0 bridgehead atoms. The monoisotopic (exact) mass is 469 g/mol. The number of rotatable bonds is 7. The molecule has 0 heterocycles. The van der Waals surface area contributed by atoms with Crippen LogP contribution in [0.2, 0.25) is 10.0 Å². The van der Waals surface area contributed by atoms with E-state index in [1.165, 1.54) is 6.21 Å². The van der Waals surface area contributed by atoms with Gasteiger partial charge in [0.25, 0.3) is 0 Å². The molecule has 0 unspecified atom stereocenters. The van der Waals surface area contributed by atoms with Crippen LogP contribution < -0.4 is 15.5 Å². The summed E-state index contributed by atoms with van der Waals surface area (Å²) in [5.74, 6) is -1.05. The molecule has 1 atom stereocenters. The second kappa shape index (κ2) is 11.3. The Kier molecular flexibility index (Phi) is 8.25. The highest BCUT2D eigenvalue weighted by Crippen LogP contribution is 2.26. The summed E-state index contributed by atoms with van der Waals surface area (Å²) < 4.78 is 5.76. The second-order valence-corrected chi connectivity index (χ2v) is 7.68. The molecule has 0 saturated carbocycles. The molecule has 8 heteroatoms. The normalized spacial score (nSPS) is 11.7. The van der Waals surface area contributed by atoms with Crippen LogP contribution in [0.5, 0.6) is 5.75 Å². The van der Waals surface area contributed by atoms with Crippen LogP contribution in [0.15, 0.2) is 77.9 Å². The third-order valence-electron chi connectivity index (χ3n) is 4.54. The van der Waals surface area contributed by atoms with Gasteiger partial charge in [-0.25, -0.2) is 5.43 Å². The standard InChI is InChI=1S/C24H21Cl2N3O3/c1-16(18-8-3-2-4-9-18)28-23(30)24(31)29-27-14-17-7-5-10-19(13-17)32-15-20-21(25)11-6-12-22(20)26/h2-14,16H,15H2,1H3,(H,28,30)(H,29,31)/b27-14-/t16-/m1/s1. The number of benzene rings is 3. The van der Waals surface area contributed by atoms with Crippen molar-refractivity contribution in [3.63, 3.8) is 0 Å². The molecule has 0 saturated heterocycles. The lowest BCUT2D eigenvalue weighted by Crippen LogP contribution is -2.39. The van der Waals surface area contributed by atoms with Crippen molar-refractivity contribution >= 4 is 41.2 Å². The van der Waals surface area contributed by atoms with Crippen molar-refractivity contribution < 1.29 is 14.3 Å². The van der Waals surface area contributed by atoms with E-state index in [2.05, 4.69) is 15.8 Å². The Balaban J connectivity index is 1.53. The first kappa shape index (κ1) is 23.3. The van der Waals surface area contributed by atoms with E-state index in [1.54, 1.807) is 49.4 Å². The maximum atomic E-state index is 12.1. The Labute approximate surface area is 196 Å². The summed E-state index contributed by atoms with van der Waals surface area (Å²) in [6.45, 7) is 2.00. The molecular formula is C24H21Cl2N3O3. The number of nitrogens with zero attached hydrogens (tertiary/aromatic N) is 1. The lowest BCUT2D eigenvalue weighted by atomic mass is 10.1. The summed E-state index contributed by atoms with van der Waals surface area (Å²) >= 11 is 12.3. The van der Waals surface area contributed by atoms with Crippen molar-refractivity contribution in [2.75, 3.05) is 0 Å². The minimum Gasteiger partial charge on any atom is -0.489 e. The zero-order valence-corrected chi connectivity index (χ0v) is 18.7. The summed E-state index contributed by atoms with van der Waals surface area (Å²) in [4.78, 5) is 24.1. The lowest BCUT2D eigenvalue weighted by Gasteiger charge is -2.13. The summed E-state index contributed by atoms with van der Waals surface area (Å²) in [6, 6.07) is 21.4. The van der Waals surface area contributed by atoms with E-state index >= 15 is 0 Å². The molecule has 3 aromatic rings. The molecule has 0 aromatic heterocycles. The molecule has 2 amide bonds. The maximum Gasteiger partial charge on any atom is 0.329 e. The van der Waals surface area contributed by atoms with Gasteiger partial charge in [-0.05, 0) is 42.3 Å². The largest absolute Gasteiger partial charge is 0.489 e. The van der Waals surface area contributed by atoms with Gasteiger partial charge >= 0.3 is 11.8 Å². The third-order valence-corrected chi connectivity index (χ3v) is 5.24. The van der Waals surface area contributed by atoms with Gasteiger partial charge in [-0.15, -0.1) is 0 Å². The first-order valence-electron chi connectivity index (χ1n) is 9.78. The number of ether oxygens (including phenoxy) is 1. The molecular weight excluding hydrogens is 449 g/mol. The summed E-state index contributed by atoms with van der Waals surface area (Å²) in [7, 11) is 0. The summed E-state index contributed by atoms with van der Waals surface area (Å²) in [5.41, 5.74) is 4.48. The van der Waals surface area contributed by atoms with Gasteiger partial charge in [0.05, 0.1) is 12.3 Å². The van der Waals surface area contributed by atoms with Gasteiger partial charge in [0, 0.05) is 15.6 Å². The highest BCUT2D eigenvalue weighted by Gasteiger charge is 2.16. The van der Waals surface area contributed by atoms with Gasteiger partial charge in [0.2, 0.25) is 0 Å². The minimum atomic E-state index is -0.857. The zero-order valence-electron chi connectivity index (χ0n) is 17.2. The molecule has 3 aromatic carbocycles. The Bertz CT molecular complexity index is 1100. The molecule has 6 nitrogen and oxygen atoms in total. The first-order valence-corrected chi connectivity index (χ1v) is 10.5. The van der Waals surface area contributed by atoms with Gasteiger partial charge in [-0.3, -0.25) is 9.59 Å². The molecule has 164 valence electrons. The van der Waals surface area contributed by atoms with Crippen molar-refractivity contribution in [1.82, 2.24) is 10.7 Å². The smallest absolute Gasteiger partial charge is 0.329 e. The SMILES string of the molecule is C[C@@H](NC(=O)C(=O)N/N=C\c1cccc(OCc2c(Cl)cccc2Cl)c1)c1ccccc1. The van der Waals surface area contributed by atoms with Crippen LogP contribution in [0.4, 0.5) is 0 Å². The molecule has 3 rings (SSSR count). The van der Waals surface area contributed by atoms with Crippen molar-refractivity contribution in [3.8, 4) is 5.75 Å². The average molecular weight is 470 g/mol. The van der Waals surface area contributed by atoms with Gasteiger partial charge in [-0.1, -0.05) is 71.7 Å². The summed E-state index contributed by atoms with van der Waals surface area (Å²) in [6.07, 6.45) is 1.42. The van der Waals surface area contributed by atoms with E-state index in [-0.39, 0.29) is 12.6 Å². The van der Waals surface area contributed by atoms with Crippen LogP contribution in [0.3, 0.4) is 0 Å². The Morgan fingerprint density at radius 2 is 1.66 bits per heavy atom. The number of hydrogen-bond acceptors (Lipinski definition) is 4. The van der Waals surface area contributed by atoms with Crippen LogP contribution >= 0.6 is 23.2 Å². The minimum absolute atomic E-state index is 0.204. The Morgan fingerprint density at radius 3 is 2.38 bits per heavy atom. The maximum absolute atomic E-state index is 12.1. The van der Waals surface area contributed by atoms with E-state index in [4.69, 9.17) is 27.9 Å². The lowest BCUT2D eigenvalue weighted by molar-refractivity contribution is -0.139. The van der Waals surface area contributed by atoms with Gasteiger partial charge < -0.3 is 10.1 Å². The van der Waals surface area contributed by atoms with Crippen LogP contribution in [0.25, 0.3) is 0 Å². The number of nitrogens with one attached hydrogen (secondary N) is 2. The molecule has 0 fully saturated rings. The van der Waals surface area contributed by atoms with Crippen molar-refractivity contribution in [2.45, 2.75) is 19.6 Å². The highest BCUT2D eigenvalue weighted by molar-refractivity contribution is 6.36. The number of hydrogen-bond donors (Lipinski definition) is 2. The van der Waals surface area contributed by atoms with Crippen molar-refractivity contribution in [2.24, 2.45) is 5.10 Å². The fourth-order valence-electron chi connectivity index (χ4n) is 2.81. The molecule has 0 radical (unpaired) electrons. The van der Waals surface area contributed by atoms with E-state index in [9.17, 15) is 9.59 Å². The molecule has 0 aliphatic carbocycles. The van der Waals surface area contributed by atoms with E-state index in [0.29, 0.717) is 26.9 Å². The average Bonchev–Trinajstić information content (AvgIpc) is 2.79. The first-order chi connectivity index (χ1) is 15.4. The predicted octanol–water partition coefficient (Wildman–Crippen LogP) is 4.90. The van der Waals surface area contributed by atoms with Crippen LogP contribution in [0, 0.1) is 0 Å². The molecule has 0 spiro atoms. The fraction of sp³-hybridized carbons (Fsp3) is 0.125. The van der Waals surface area contributed by atoms with Crippen molar-refractivity contribution in [3.05, 3.63) is 99.5 Å². The molecule has 2 N–H and O–H groups in total. The van der Waals surface area contributed by atoms with Crippen LogP contribution in [-0.4, -0.2) is 18.0 Å². The molecule has 32 heavy (non-hydrogen) atoms. The number of carbonyl (C=O) groups excluding carboxylic acids is 2. The number of halogens is 2. The Hall–Kier alpha value is -3.35. The van der Waals surface area contributed by atoms with Crippen LogP contribution in [0.1, 0.15) is 29.7 Å². The second-order valence-electron chi connectivity index (χ2n) is 6.87. The van der Waals surface area contributed by atoms with Gasteiger partial charge in [0.1, 0.15) is 12.4 Å². The van der Waals surface area contributed by atoms with Crippen molar-refractivity contribution in [1.29, 1.82) is 0 Å². The number of hydrazone groups is 1. The fourth-order valence-corrected chi connectivity index (χ4v) is 3.32. The predicted molar refractivity (Wildman–Crippen MR) is 126 cm³/mol. The van der Waals surface area contributed by atoms with E-state index in [0.717, 1.165) is 5.56 Å². The quantitative estimate of drug-likeness (QED) is 0.293. The summed E-state index contributed by atoms with van der Waals surface area (Å²) in [5, 5.41) is 7.53. The van der Waals surface area contributed by atoms with E-state index in [1.807, 2.05) is 30.3 Å². The van der Waals surface area contributed by atoms with E-state index < -0.39 is 11.8 Å². The zero-order chi connectivity index (χ0) is 22.9. The third kappa shape index (κ3) is 6.57. The van der Waals surface area contributed by atoms with Crippen LogP contribution in [-0.2, 0) is 16.2 Å². The van der Waals surface area contributed by atoms with Gasteiger partial charge in [0.15, 0.2) is 0 Å². The molecule has 0 aliphatic heterocycles. The topological polar surface area (TPSA) is 79.8 Å². The highest BCUT2D eigenvalue weighted by atomic mass is 35.5. The van der Waals surface area contributed by atoms with Gasteiger partial charge in [-0.2, -0.15) is 5.10 Å². The molecule has 0 aliphatic rings.